The molecular weight excluding hydrogens is 308 g/mol. The predicted octanol–water partition coefficient (Wildman–Crippen LogP) is 5.60. The molecule has 0 fully saturated rings. The second kappa shape index (κ2) is 6.29. The Morgan fingerprint density at radius 1 is 0.920 bits per heavy atom. The molecule has 1 aromatic heterocycles. The summed E-state index contributed by atoms with van der Waals surface area (Å²) in [4.78, 5) is 8.21. The van der Waals surface area contributed by atoms with Crippen LogP contribution in [0.25, 0.3) is 22.2 Å². The van der Waals surface area contributed by atoms with Crippen LogP contribution in [0.2, 0.25) is 0 Å². The third kappa shape index (κ3) is 2.92. The molecule has 3 nitrogen and oxygen atoms in total. The van der Waals surface area contributed by atoms with Crippen molar-refractivity contribution in [1.29, 1.82) is 0 Å². The quantitative estimate of drug-likeness (QED) is 0.473. The summed E-state index contributed by atoms with van der Waals surface area (Å²) in [7, 11) is 0. The molecule has 0 unspecified atom stereocenters. The third-order valence-corrected chi connectivity index (χ3v) is 4.26. The van der Waals surface area contributed by atoms with Crippen LogP contribution in [0.4, 0.5) is 5.69 Å². The number of phenols is 1. The number of nitrogens with zero attached hydrogens (tertiary/aromatic N) is 1. The molecule has 1 heterocycles. The average molecular weight is 326 g/mol. The van der Waals surface area contributed by atoms with Gasteiger partial charge in [-0.05, 0) is 31.2 Å². The Bertz CT molecular complexity index is 1060. The Morgan fingerprint density at radius 2 is 1.68 bits per heavy atom. The minimum Gasteiger partial charge on any atom is -0.507 e. The maximum atomic E-state index is 9.98. The average Bonchev–Trinajstić information content (AvgIpc) is 2.99. The van der Waals surface area contributed by atoms with Gasteiger partial charge >= 0.3 is 0 Å². The van der Waals surface area contributed by atoms with Crippen molar-refractivity contribution in [2.24, 2.45) is 4.99 Å². The summed E-state index contributed by atoms with van der Waals surface area (Å²) in [6.45, 7) is 2.07. The minimum atomic E-state index is 0.225. The van der Waals surface area contributed by atoms with Crippen LogP contribution in [0.1, 0.15) is 11.1 Å². The van der Waals surface area contributed by atoms with E-state index in [1.54, 1.807) is 18.3 Å². The number of hydrogen-bond acceptors (Lipinski definition) is 2. The second-order valence-electron chi connectivity index (χ2n) is 6.08. The molecule has 0 aliphatic carbocycles. The van der Waals surface area contributed by atoms with Gasteiger partial charge in [-0.3, -0.25) is 4.99 Å². The van der Waals surface area contributed by atoms with Crippen molar-refractivity contribution in [3.63, 3.8) is 0 Å². The summed E-state index contributed by atoms with van der Waals surface area (Å²) >= 11 is 0. The van der Waals surface area contributed by atoms with Gasteiger partial charge in [0.05, 0.1) is 11.4 Å². The molecule has 0 spiro atoms. The Morgan fingerprint density at radius 3 is 2.48 bits per heavy atom. The van der Waals surface area contributed by atoms with Gasteiger partial charge in [0.2, 0.25) is 0 Å². The molecule has 0 bridgehead atoms. The number of aliphatic imine (C=N–C) groups is 1. The summed E-state index contributed by atoms with van der Waals surface area (Å²) < 4.78 is 0. The summed E-state index contributed by atoms with van der Waals surface area (Å²) in [5, 5.41) is 11.1. The maximum Gasteiger partial charge on any atom is 0.124 e. The molecule has 4 rings (SSSR count). The van der Waals surface area contributed by atoms with E-state index in [1.165, 1.54) is 5.56 Å². The van der Waals surface area contributed by atoms with Crippen LogP contribution in [-0.4, -0.2) is 16.3 Å². The molecule has 0 saturated carbocycles. The molecule has 0 amide bonds. The largest absolute Gasteiger partial charge is 0.507 e. The fourth-order valence-electron chi connectivity index (χ4n) is 2.97. The van der Waals surface area contributed by atoms with Gasteiger partial charge in [-0.25, -0.2) is 0 Å². The second-order valence-corrected chi connectivity index (χ2v) is 6.08. The molecule has 0 aliphatic heterocycles. The van der Waals surface area contributed by atoms with Gasteiger partial charge in [0, 0.05) is 28.2 Å². The van der Waals surface area contributed by atoms with E-state index in [1.807, 2.05) is 30.3 Å². The highest BCUT2D eigenvalue weighted by Gasteiger charge is 2.12. The van der Waals surface area contributed by atoms with Crippen LogP contribution in [0.3, 0.4) is 0 Å². The van der Waals surface area contributed by atoms with E-state index in [9.17, 15) is 5.11 Å². The van der Waals surface area contributed by atoms with E-state index in [4.69, 9.17) is 4.99 Å². The number of benzene rings is 3. The van der Waals surface area contributed by atoms with Crippen LogP contribution in [-0.2, 0) is 0 Å². The van der Waals surface area contributed by atoms with Gasteiger partial charge in [-0.15, -0.1) is 0 Å². The van der Waals surface area contributed by atoms with Gasteiger partial charge in [0.15, 0.2) is 0 Å². The van der Waals surface area contributed by atoms with Crippen LogP contribution in [0.5, 0.6) is 5.75 Å². The van der Waals surface area contributed by atoms with Gasteiger partial charge in [0.1, 0.15) is 5.75 Å². The number of aromatic amines is 1. The number of fused-ring (bicyclic) bond motifs is 1. The molecule has 3 heteroatoms. The molecule has 122 valence electrons. The van der Waals surface area contributed by atoms with Crippen molar-refractivity contribution in [3.05, 3.63) is 83.9 Å². The number of rotatable bonds is 3. The Hall–Kier alpha value is -3.33. The van der Waals surface area contributed by atoms with E-state index in [0.29, 0.717) is 5.56 Å². The summed E-state index contributed by atoms with van der Waals surface area (Å²) in [5.74, 6) is 0.225. The number of nitrogens with one attached hydrogen (secondary N) is 1. The van der Waals surface area contributed by atoms with Crippen molar-refractivity contribution >= 4 is 22.8 Å². The number of aromatic nitrogens is 1. The monoisotopic (exact) mass is 326 g/mol. The Balaban J connectivity index is 1.91. The number of H-pyrrole nitrogens is 1. The standard InChI is InChI=1S/C22H18N2O/c1-15-11-12-19-18(13-15)22(21(24-19)16-7-3-2-4-8-16)23-14-17-9-5-6-10-20(17)25/h2-14,24-25H,1H3. The molecule has 3 aromatic carbocycles. The van der Waals surface area contributed by atoms with Crippen LogP contribution >= 0.6 is 0 Å². The molecule has 25 heavy (non-hydrogen) atoms. The lowest BCUT2D eigenvalue weighted by Crippen LogP contribution is -1.82. The zero-order chi connectivity index (χ0) is 17.2. The fourth-order valence-corrected chi connectivity index (χ4v) is 2.97. The highest BCUT2D eigenvalue weighted by Crippen LogP contribution is 2.37. The van der Waals surface area contributed by atoms with Crippen LogP contribution < -0.4 is 0 Å². The molecule has 0 aliphatic rings. The van der Waals surface area contributed by atoms with E-state index in [-0.39, 0.29) is 5.75 Å². The number of para-hydroxylation sites is 1. The molecule has 2 N–H and O–H groups in total. The predicted molar refractivity (Wildman–Crippen MR) is 104 cm³/mol. The summed E-state index contributed by atoms with van der Waals surface area (Å²) in [5.41, 5.74) is 5.88. The maximum absolute atomic E-state index is 9.98. The lowest BCUT2D eigenvalue weighted by atomic mass is 10.1. The van der Waals surface area contributed by atoms with Crippen molar-refractivity contribution in [2.45, 2.75) is 6.92 Å². The number of hydrogen-bond donors (Lipinski definition) is 2. The molecule has 0 saturated heterocycles. The highest BCUT2D eigenvalue weighted by atomic mass is 16.3. The first-order valence-electron chi connectivity index (χ1n) is 8.22. The van der Waals surface area contributed by atoms with Gasteiger partial charge in [-0.1, -0.05) is 54.1 Å². The topological polar surface area (TPSA) is 48.4 Å². The van der Waals surface area contributed by atoms with Gasteiger partial charge < -0.3 is 10.1 Å². The first kappa shape index (κ1) is 15.2. The zero-order valence-electron chi connectivity index (χ0n) is 13.9. The van der Waals surface area contributed by atoms with Gasteiger partial charge in [-0.2, -0.15) is 0 Å². The highest BCUT2D eigenvalue weighted by molar-refractivity contribution is 6.02. The third-order valence-electron chi connectivity index (χ3n) is 4.26. The zero-order valence-corrected chi connectivity index (χ0v) is 13.9. The number of aryl methyl sites for hydroxylation is 1. The Kier molecular flexibility index (Phi) is 3.82. The van der Waals surface area contributed by atoms with E-state index in [2.05, 4.69) is 42.2 Å². The van der Waals surface area contributed by atoms with E-state index in [0.717, 1.165) is 27.8 Å². The molecular formula is C22H18N2O. The first-order chi connectivity index (χ1) is 12.2. The fraction of sp³-hybridized carbons (Fsp3) is 0.0455. The smallest absolute Gasteiger partial charge is 0.124 e. The van der Waals surface area contributed by atoms with Gasteiger partial charge in [0.25, 0.3) is 0 Å². The lowest BCUT2D eigenvalue weighted by Gasteiger charge is -2.01. The normalized spacial score (nSPS) is 11.4. The summed E-state index contributed by atoms with van der Waals surface area (Å²) in [6, 6.07) is 23.7. The van der Waals surface area contributed by atoms with Crippen molar-refractivity contribution in [1.82, 2.24) is 4.98 Å². The molecule has 4 aromatic rings. The van der Waals surface area contributed by atoms with Crippen LogP contribution in [0.15, 0.2) is 77.8 Å². The lowest BCUT2D eigenvalue weighted by molar-refractivity contribution is 0.474. The molecule has 0 atom stereocenters. The van der Waals surface area contributed by atoms with E-state index < -0.39 is 0 Å². The number of phenolic OH excluding ortho intramolecular Hbond substituents is 1. The first-order valence-corrected chi connectivity index (χ1v) is 8.22. The molecule has 0 radical (unpaired) electrons. The van der Waals surface area contributed by atoms with Crippen LogP contribution in [0, 0.1) is 6.92 Å². The summed E-state index contributed by atoms with van der Waals surface area (Å²) in [6.07, 6.45) is 1.72. The van der Waals surface area contributed by atoms with Crippen molar-refractivity contribution in [3.8, 4) is 17.0 Å². The minimum absolute atomic E-state index is 0.225. The SMILES string of the molecule is Cc1ccc2[nH]c(-c3ccccc3)c(N=Cc3ccccc3O)c2c1. The van der Waals surface area contributed by atoms with Crippen molar-refractivity contribution in [2.75, 3.05) is 0 Å². The number of aromatic hydroxyl groups is 1. The van der Waals surface area contributed by atoms with E-state index >= 15 is 0 Å². The van der Waals surface area contributed by atoms with Crippen molar-refractivity contribution < 1.29 is 5.11 Å². The Labute approximate surface area is 146 Å².